The third kappa shape index (κ3) is 3.36. The number of hydrogen-bond donors (Lipinski definition) is 0. The lowest BCUT2D eigenvalue weighted by molar-refractivity contribution is 0.608. The van der Waals surface area contributed by atoms with Crippen molar-refractivity contribution in [3.8, 4) is 11.3 Å². The van der Waals surface area contributed by atoms with Gasteiger partial charge in [0.2, 0.25) is 5.95 Å². The molecule has 0 amide bonds. The number of benzene rings is 1. The number of hydrogen-bond acceptors (Lipinski definition) is 6. The van der Waals surface area contributed by atoms with Gasteiger partial charge in [0, 0.05) is 61.5 Å². The van der Waals surface area contributed by atoms with Gasteiger partial charge >= 0.3 is 0 Å². The number of piperazine rings is 1. The van der Waals surface area contributed by atoms with Crippen molar-refractivity contribution >= 4 is 17.4 Å². The first-order valence-electron chi connectivity index (χ1n) is 11.2. The van der Waals surface area contributed by atoms with Crippen LogP contribution in [-0.2, 0) is 12.8 Å². The molecule has 0 radical (unpaired) electrons. The van der Waals surface area contributed by atoms with Crippen molar-refractivity contribution in [2.24, 2.45) is 0 Å². The van der Waals surface area contributed by atoms with Crippen LogP contribution in [0.4, 0.5) is 16.2 Å². The smallest absolute Gasteiger partial charge is 0.225 e. The second kappa shape index (κ2) is 7.85. The summed E-state index contributed by atoms with van der Waals surface area (Å²) in [6.07, 6.45) is 7.93. The van der Waals surface area contributed by atoms with Crippen LogP contribution in [0.5, 0.6) is 0 Å². The Hall–Kier alpha value is -3.55. The Morgan fingerprint density at radius 1 is 0.844 bits per heavy atom. The number of rotatable bonds is 3. The number of fused-ring (bicyclic) bond motifs is 2. The predicted octanol–water partition coefficient (Wildman–Crippen LogP) is 3.53. The average molecular weight is 430 g/mol. The maximum Gasteiger partial charge on any atom is 0.225 e. The van der Waals surface area contributed by atoms with E-state index >= 15 is 0 Å². The first kappa shape index (κ1) is 19.2. The average Bonchev–Trinajstić information content (AvgIpc) is 3.27. The maximum absolute atomic E-state index is 13.8. The van der Waals surface area contributed by atoms with Crippen LogP contribution >= 0.6 is 0 Å². The Labute approximate surface area is 185 Å². The van der Waals surface area contributed by atoms with Crippen LogP contribution in [0.15, 0.2) is 48.8 Å². The highest BCUT2D eigenvalue weighted by molar-refractivity contribution is 5.67. The van der Waals surface area contributed by atoms with Crippen molar-refractivity contribution in [2.45, 2.75) is 25.7 Å². The molecule has 1 aliphatic carbocycles. The Kier molecular flexibility index (Phi) is 4.70. The monoisotopic (exact) mass is 429 g/mol. The molecule has 2 aliphatic rings. The van der Waals surface area contributed by atoms with Gasteiger partial charge in [0.05, 0.1) is 5.69 Å². The summed E-state index contributed by atoms with van der Waals surface area (Å²) < 4.78 is 15.8. The molecule has 0 N–H and O–H groups in total. The van der Waals surface area contributed by atoms with Crippen molar-refractivity contribution in [1.29, 1.82) is 0 Å². The van der Waals surface area contributed by atoms with E-state index in [1.165, 1.54) is 36.2 Å². The molecule has 0 bridgehead atoms. The summed E-state index contributed by atoms with van der Waals surface area (Å²) in [6, 6.07) is 10.4. The molecule has 0 spiro atoms. The molecule has 32 heavy (non-hydrogen) atoms. The van der Waals surface area contributed by atoms with E-state index in [0.717, 1.165) is 67.7 Å². The molecule has 0 atom stereocenters. The topological polar surface area (TPSA) is 62.5 Å². The first-order chi connectivity index (χ1) is 15.8. The van der Waals surface area contributed by atoms with Crippen LogP contribution in [-0.4, -0.2) is 50.7 Å². The van der Waals surface area contributed by atoms with E-state index in [4.69, 9.17) is 10.1 Å². The van der Waals surface area contributed by atoms with Gasteiger partial charge in [-0.3, -0.25) is 0 Å². The van der Waals surface area contributed by atoms with Gasteiger partial charge in [0.1, 0.15) is 11.6 Å². The number of halogens is 1. The van der Waals surface area contributed by atoms with Crippen LogP contribution in [0.3, 0.4) is 0 Å². The largest absolute Gasteiger partial charge is 0.353 e. The van der Waals surface area contributed by atoms with Crippen LogP contribution in [0, 0.1) is 5.82 Å². The minimum absolute atomic E-state index is 0.258. The summed E-state index contributed by atoms with van der Waals surface area (Å²) in [5, 5.41) is 4.89. The van der Waals surface area contributed by atoms with E-state index in [-0.39, 0.29) is 5.82 Å². The number of nitrogens with zero attached hydrogens (tertiary/aromatic N) is 7. The summed E-state index contributed by atoms with van der Waals surface area (Å²) in [5.41, 5.74) is 4.83. The van der Waals surface area contributed by atoms with Crippen molar-refractivity contribution < 1.29 is 4.39 Å². The van der Waals surface area contributed by atoms with Crippen LogP contribution in [0.1, 0.15) is 24.1 Å². The molecule has 4 heterocycles. The first-order valence-corrected chi connectivity index (χ1v) is 11.2. The standard InChI is InChI=1S/C24H24FN7/c25-18-6-3-5-17(15-18)21-16-22-28-20-8-2-1-7-19(20)23(32(22)29-21)30-11-13-31(14-12-30)24-26-9-4-10-27-24/h3-6,9-10,15-16H,1-2,7-8,11-14H2. The Balaban J connectivity index is 1.40. The molecular weight excluding hydrogens is 405 g/mol. The number of aryl methyl sites for hydroxylation is 1. The molecule has 4 aromatic rings. The van der Waals surface area contributed by atoms with Gasteiger partial charge in [-0.05, 0) is 43.9 Å². The summed E-state index contributed by atoms with van der Waals surface area (Å²) in [5.74, 6) is 1.66. The van der Waals surface area contributed by atoms with E-state index in [1.54, 1.807) is 18.5 Å². The minimum atomic E-state index is -0.258. The molecule has 8 heteroatoms. The second-order valence-corrected chi connectivity index (χ2v) is 8.40. The zero-order valence-electron chi connectivity index (χ0n) is 17.8. The van der Waals surface area contributed by atoms with Crippen molar-refractivity contribution in [2.75, 3.05) is 36.0 Å². The Morgan fingerprint density at radius 2 is 1.62 bits per heavy atom. The number of aromatic nitrogens is 5. The highest BCUT2D eigenvalue weighted by Gasteiger charge is 2.27. The summed E-state index contributed by atoms with van der Waals surface area (Å²) >= 11 is 0. The van der Waals surface area contributed by atoms with E-state index < -0.39 is 0 Å². The molecule has 6 rings (SSSR count). The van der Waals surface area contributed by atoms with E-state index in [9.17, 15) is 4.39 Å². The molecule has 0 unspecified atom stereocenters. The van der Waals surface area contributed by atoms with Crippen molar-refractivity contribution in [3.05, 3.63) is 65.9 Å². The van der Waals surface area contributed by atoms with E-state index in [2.05, 4.69) is 19.8 Å². The van der Waals surface area contributed by atoms with Gasteiger partial charge in [-0.15, -0.1) is 0 Å². The minimum Gasteiger partial charge on any atom is -0.353 e. The molecule has 1 fully saturated rings. The fourth-order valence-electron chi connectivity index (χ4n) is 4.81. The lowest BCUT2D eigenvalue weighted by Crippen LogP contribution is -2.48. The molecular formula is C24H24FN7. The lowest BCUT2D eigenvalue weighted by Gasteiger charge is -2.37. The highest BCUT2D eigenvalue weighted by atomic mass is 19.1. The maximum atomic E-state index is 13.8. The Bertz CT molecular complexity index is 1260. The van der Waals surface area contributed by atoms with E-state index in [1.807, 2.05) is 22.7 Å². The predicted molar refractivity (Wildman–Crippen MR) is 121 cm³/mol. The van der Waals surface area contributed by atoms with Crippen LogP contribution in [0.25, 0.3) is 16.9 Å². The fourth-order valence-corrected chi connectivity index (χ4v) is 4.81. The fraction of sp³-hybridized carbons (Fsp3) is 0.333. The van der Waals surface area contributed by atoms with E-state index in [0.29, 0.717) is 0 Å². The SMILES string of the molecule is Fc1cccc(-c2cc3nc4c(c(N5CCN(c6ncccn6)CC5)n3n2)CCCC4)c1. The molecule has 162 valence electrons. The zero-order chi connectivity index (χ0) is 21.5. The van der Waals surface area contributed by atoms with Gasteiger partial charge in [-0.25, -0.2) is 19.3 Å². The Morgan fingerprint density at radius 3 is 2.44 bits per heavy atom. The highest BCUT2D eigenvalue weighted by Crippen LogP contribution is 2.33. The van der Waals surface area contributed by atoms with Crippen molar-refractivity contribution in [3.63, 3.8) is 0 Å². The summed E-state index contributed by atoms with van der Waals surface area (Å²) in [4.78, 5) is 18.4. The number of anilines is 2. The third-order valence-corrected chi connectivity index (χ3v) is 6.38. The third-order valence-electron chi connectivity index (χ3n) is 6.38. The van der Waals surface area contributed by atoms with Gasteiger partial charge in [-0.1, -0.05) is 12.1 Å². The lowest BCUT2D eigenvalue weighted by atomic mass is 9.96. The molecule has 1 aromatic carbocycles. The molecule has 1 saturated heterocycles. The zero-order valence-corrected chi connectivity index (χ0v) is 17.8. The molecule has 3 aromatic heterocycles. The summed E-state index contributed by atoms with van der Waals surface area (Å²) in [7, 11) is 0. The molecule has 0 saturated carbocycles. The summed E-state index contributed by atoms with van der Waals surface area (Å²) in [6.45, 7) is 3.42. The van der Waals surface area contributed by atoms with Gasteiger partial charge in [0.25, 0.3) is 0 Å². The van der Waals surface area contributed by atoms with Gasteiger partial charge < -0.3 is 9.80 Å². The van der Waals surface area contributed by atoms with Gasteiger partial charge in [0.15, 0.2) is 5.65 Å². The molecule has 7 nitrogen and oxygen atoms in total. The quantitative estimate of drug-likeness (QED) is 0.497. The van der Waals surface area contributed by atoms with Crippen LogP contribution < -0.4 is 9.80 Å². The second-order valence-electron chi connectivity index (χ2n) is 8.40. The molecule has 1 aliphatic heterocycles. The van der Waals surface area contributed by atoms with Crippen LogP contribution in [0.2, 0.25) is 0 Å². The van der Waals surface area contributed by atoms with Crippen molar-refractivity contribution in [1.82, 2.24) is 24.6 Å². The van der Waals surface area contributed by atoms with Gasteiger partial charge in [-0.2, -0.15) is 9.61 Å². The normalized spacial score (nSPS) is 16.4.